The molecular formula is C20H25FN2O3S. The van der Waals surface area contributed by atoms with Crippen molar-refractivity contribution >= 4 is 21.6 Å². The summed E-state index contributed by atoms with van der Waals surface area (Å²) in [6.07, 6.45) is 1.08. The number of rotatable bonds is 6. The van der Waals surface area contributed by atoms with E-state index in [1.807, 2.05) is 19.9 Å². The van der Waals surface area contributed by atoms with Crippen molar-refractivity contribution in [3.8, 4) is 0 Å². The molecule has 146 valence electrons. The van der Waals surface area contributed by atoms with Gasteiger partial charge in [0.15, 0.2) is 0 Å². The van der Waals surface area contributed by atoms with Gasteiger partial charge in [-0.25, -0.2) is 12.8 Å². The molecule has 0 aliphatic carbocycles. The molecule has 0 aliphatic rings. The van der Waals surface area contributed by atoms with E-state index in [2.05, 4.69) is 5.32 Å². The van der Waals surface area contributed by atoms with Crippen molar-refractivity contribution in [3.05, 3.63) is 65.0 Å². The van der Waals surface area contributed by atoms with Gasteiger partial charge in [0.1, 0.15) is 11.9 Å². The number of carbonyl (C=O) groups excluding carboxylic acids is 1. The Balaban J connectivity index is 2.28. The fourth-order valence-corrected chi connectivity index (χ4v) is 4.21. The highest BCUT2D eigenvalue weighted by Gasteiger charge is 2.30. The summed E-state index contributed by atoms with van der Waals surface area (Å²) in [5.74, 6) is -0.792. The molecule has 7 heteroatoms. The number of amides is 1. The number of nitrogens with zero attached hydrogens (tertiary/aromatic N) is 1. The summed E-state index contributed by atoms with van der Waals surface area (Å²) in [5, 5.41) is 2.80. The van der Waals surface area contributed by atoms with E-state index in [0.29, 0.717) is 5.69 Å². The number of benzene rings is 2. The van der Waals surface area contributed by atoms with Gasteiger partial charge in [0.05, 0.1) is 18.0 Å². The molecule has 2 atom stereocenters. The Morgan fingerprint density at radius 1 is 1.04 bits per heavy atom. The molecule has 0 heterocycles. The normalized spacial score (nSPS) is 13.7. The van der Waals surface area contributed by atoms with Crippen LogP contribution in [0, 0.1) is 19.7 Å². The number of nitrogens with one attached hydrogen (secondary N) is 1. The van der Waals surface area contributed by atoms with E-state index in [4.69, 9.17) is 0 Å². The van der Waals surface area contributed by atoms with Gasteiger partial charge in [0, 0.05) is 0 Å². The highest BCUT2D eigenvalue weighted by Crippen LogP contribution is 2.24. The summed E-state index contributed by atoms with van der Waals surface area (Å²) < 4.78 is 39.0. The first-order valence-electron chi connectivity index (χ1n) is 8.62. The largest absolute Gasteiger partial charge is 0.348 e. The highest BCUT2D eigenvalue weighted by atomic mass is 32.2. The second-order valence-corrected chi connectivity index (χ2v) is 8.72. The first-order valence-corrected chi connectivity index (χ1v) is 10.5. The SMILES string of the molecule is Cc1cc(C)cc(N([C@@H](C)C(=O)N[C@@H](C)c2ccc(F)cc2)S(C)(=O)=O)c1. The first-order chi connectivity index (χ1) is 12.5. The molecule has 0 unspecified atom stereocenters. The molecule has 0 aromatic heterocycles. The quantitative estimate of drug-likeness (QED) is 0.819. The van der Waals surface area contributed by atoms with Gasteiger partial charge < -0.3 is 5.32 Å². The molecule has 0 fully saturated rings. The van der Waals surface area contributed by atoms with Crippen LogP contribution in [0.25, 0.3) is 0 Å². The van der Waals surface area contributed by atoms with Gasteiger partial charge >= 0.3 is 0 Å². The molecule has 0 saturated carbocycles. The van der Waals surface area contributed by atoms with Crippen molar-refractivity contribution in [2.24, 2.45) is 0 Å². The van der Waals surface area contributed by atoms with E-state index in [0.717, 1.165) is 27.3 Å². The van der Waals surface area contributed by atoms with Crippen molar-refractivity contribution in [3.63, 3.8) is 0 Å². The third-order valence-corrected chi connectivity index (χ3v) is 5.52. The number of sulfonamides is 1. The second-order valence-electron chi connectivity index (χ2n) is 6.86. The van der Waals surface area contributed by atoms with Crippen LogP contribution in [0.1, 0.15) is 36.6 Å². The molecule has 2 aromatic rings. The van der Waals surface area contributed by atoms with E-state index in [1.54, 1.807) is 38.1 Å². The van der Waals surface area contributed by atoms with Crippen LogP contribution in [0.2, 0.25) is 0 Å². The van der Waals surface area contributed by atoms with E-state index in [9.17, 15) is 17.6 Å². The Hall–Kier alpha value is -2.41. The summed E-state index contributed by atoms with van der Waals surface area (Å²) in [4.78, 5) is 12.7. The third-order valence-electron chi connectivity index (χ3n) is 4.28. The van der Waals surface area contributed by atoms with E-state index in [1.165, 1.54) is 12.1 Å². The molecule has 0 bridgehead atoms. The monoisotopic (exact) mass is 392 g/mol. The van der Waals surface area contributed by atoms with Gasteiger partial charge in [-0.15, -0.1) is 0 Å². The minimum atomic E-state index is -3.68. The molecule has 0 radical (unpaired) electrons. The van der Waals surface area contributed by atoms with Crippen LogP contribution in [0.15, 0.2) is 42.5 Å². The van der Waals surface area contributed by atoms with E-state index in [-0.39, 0.29) is 11.9 Å². The zero-order valence-corrected chi connectivity index (χ0v) is 17.0. The zero-order chi connectivity index (χ0) is 20.4. The lowest BCUT2D eigenvalue weighted by molar-refractivity contribution is -0.122. The fourth-order valence-electron chi connectivity index (χ4n) is 3.06. The van der Waals surface area contributed by atoms with Crippen LogP contribution < -0.4 is 9.62 Å². The maximum absolute atomic E-state index is 13.1. The molecule has 0 aliphatic heterocycles. The van der Waals surface area contributed by atoms with Crippen molar-refractivity contribution in [1.29, 1.82) is 0 Å². The van der Waals surface area contributed by atoms with Crippen LogP contribution in [-0.2, 0) is 14.8 Å². The average Bonchev–Trinajstić information content (AvgIpc) is 2.53. The number of hydrogen-bond acceptors (Lipinski definition) is 3. The van der Waals surface area contributed by atoms with E-state index >= 15 is 0 Å². The van der Waals surface area contributed by atoms with Crippen molar-refractivity contribution < 1.29 is 17.6 Å². The summed E-state index contributed by atoms with van der Waals surface area (Å²) in [6.45, 7) is 7.06. The lowest BCUT2D eigenvalue weighted by Crippen LogP contribution is -2.48. The third kappa shape index (κ3) is 5.29. The number of hydrogen-bond donors (Lipinski definition) is 1. The number of aryl methyl sites for hydroxylation is 2. The molecule has 1 N–H and O–H groups in total. The van der Waals surface area contributed by atoms with Crippen molar-refractivity contribution in [2.45, 2.75) is 39.8 Å². The predicted molar refractivity (Wildman–Crippen MR) is 106 cm³/mol. The Kier molecular flexibility index (Phi) is 6.26. The molecule has 5 nitrogen and oxygen atoms in total. The Morgan fingerprint density at radius 2 is 1.56 bits per heavy atom. The molecule has 27 heavy (non-hydrogen) atoms. The molecule has 2 rings (SSSR count). The van der Waals surface area contributed by atoms with Crippen LogP contribution in [0.3, 0.4) is 0 Å². The van der Waals surface area contributed by atoms with Crippen LogP contribution >= 0.6 is 0 Å². The predicted octanol–water partition coefficient (Wildman–Crippen LogP) is 3.47. The maximum Gasteiger partial charge on any atom is 0.244 e. The Morgan fingerprint density at radius 3 is 2.04 bits per heavy atom. The maximum atomic E-state index is 13.1. The van der Waals surface area contributed by atoms with Gasteiger partial charge in [-0.1, -0.05) is 18.2 Å². The number of halogens is 1. The standard InChI is InChI=1S/C20H25FN2O3S/c1-13-10-14(2)12-19(11-13)23(27(5,25)26)16(4)20(24)22-15(3)17-6-8-18(21)9-7-17/h6-12,15-16H,1-5H3,(H,22,24)/t15-,16-/m0/s1. The molecule has 1 amide bonds. The summed E-state index contributed by atoms with van der Waals surface area (Å²) in [6, 6.07) is 9.89. The minimum Gasteiger partial charge on any atom is -0.348 e. The molecule has 2 aromatic carbocycles. The topological polar surface area (TPSA) is 66.5 Å². The van der Waals surface area contributed by atoms with Gasteiger partial charge in [0.25, 0.3) is 0 Å². The van der Waals surface area contributed by atoms with E-state index < -0.39 is 22.0 Å². The number of carbonyl (C=O) groups is 1. The van der Waals surface area contributed by atoms with Gasteiger partial charge in [-0.2, -0.15) is 0 Å². The lowest BCUT2D eigenvalue weighted by Gasteiger charge is -2.29. The fraction of sp³-hybridized carbons (Fsp3) is 0.350. The Bertz CT molecular complexity index is 906. The average molecular weight is 392 g/mol. The van der Waals surface area contributed by atoms with Gasteiger partial charge in [0.2, 0.25) is 15.9 Å². The highest BCUT2D eigenvalue weighted by molar-refractivity contribution is 7.92. The molecular weight excluding hydrogens is 367 g/mol. The van der Waals surface area contributed by atoms with Crippen LogP contribution in [-0.4, -0.2) is 26.6 Å². The second kappa shape index (κ2) is 8.08. The first kappa shape index (κ1) is 20.9. The lowest BCUT2D eigenvalue weighted by atomic mass is 10.1. The molecule has 0 saturated heterocycles. The van der Waals surface area contributed by atoms with Gasteiger partial charge in [-0.3, -0.25) is 9.10 Å². The van der Waals surface area contributed by atoms with Crippen LogP contribution in [0.5, 0.6) is 0 Å². The molecule has 0 spiro atoms. The van der Waals surface area contributed by atoms with Gasteiger partial charge in [-0.05, 0) is 68.7 Å². The zero-order valence-electron chi connectivity index (χ0n) is 16.2. The minimum absolute atomic E-state index is 0.358. The van der Waals surface area contributed by atoms with Crippen LogP contribution in [0.4, 0.5) is 10.1 Å². The van der Waals surface area contributed by atoms with Crippen molar-refractivity contribution in [2.75, 3.05) is 10.6 Å². The Labute approximate surface area is 160 Å². The summed E-state index contributed by atoms with van der Waals surface area (Å²) in [7, 11) is -3.68. The summed E-state index contributed by atoms with van der Waals surface area (Å²) >= 11 is 0. The summed E-state index contributed by atoms with van der Waals surface area (Å²) in [5.41, 5.74) is 3.00. The number of anilines is 1. The van der Waals surface area contributed by atoms with Crippen molar-refractivity contribution in [1.82, 2.24) is 5.32 Å². The smallest absolute Gasteiger partial charge is 0.244 e.